The predicted molar refractivity (Wildman–Crippen MR) is 80.0 cm³/mol. The summed E-state index contributed by atoms with van der Waals surface area (Å²) >= 11 is 0. The zero-order valence-corrected chi connectivity index (χ0v) is 12.0. The van der Waals surface area contributed by atoms with Crippen molar-refractivity contribution in [3.8, 4) is 17.2 Å². The van der Waals surface area contributed by atoms with E-state index in [-0.39, 0.29) is 5.41 Å². The Morgan fingerprint density at radius 1 is 0.895 bits per heavy atom. The number of hydrogen-bond acceptors (Lipinski definition) is 1. The van der Waals surface area contributed by atoms with Crippen LogP contribution in [0.1, 0.15) is 37.5 Å². The molecule has 0 aliphatic rings. The van der Waals surface area contributed by atoms with Gasteiger partial charge in [0.1, 0.15) is 0 Å². The summed E-state index contributed by atoms with van der Waals surface area (Å²) in [6.45, 7) is 8.65. The maximum Gasteiger partial charge on any atom is 0.0991 e. The molecule has 2 aromatic carbocycles. The number of benzene rings is 2. The van der Waals surface area contributed by atoms with Crippen LogP contribution in [0, 0.1) is 18.3 Å². The van der Waals surface area contributed by atoms with Gasteiger partial charge in [0.15, 0.2) is 0 Å². The molecule has 0 fully saturated rings. The second-order valence-corrected chi connectivity index (χ2v) is 6.03. The van der Waals surface area contributed by atoms with Gasteiger partial charge in [-0.3, -0.25) is 0 Å². The fourth-order valence-corrected chi connectivity index (χ4v) is 2.18. The van der Waals surface area contributed by atoms with Gasteiger partial charge in [-0.05, 0) is 46.7 Å². The van der Waals surface area contributed by atoms with Crippen molar-refractivity contribution in [2.75, 3.05) is 0 Å². The summed E-state index contributed by atoms with van der Waals surface area (Å²) in [5, 5.41) is 9.03. The number of aryl methyl sites for hydroxylation is 1. The van der Waals surface area contributed by atoms with E-state index in [1.54, 1.807) is 0 Å². The quantitative estimate of drug-likeness (QED) is 0.710. The van der Waals surface area contributed by atoms with Crippen LogP contribution < -0.4 is 0 Å². The van der Waals surface area contributed by atoms with Crippen LogP contribution in [-0.2, 0) is 5.41 Å². The minimum Gasteiger partial charge on any atom is -0.192 e. The van der Waals surface area contributed by atoms with E-state index in [9.17, 15) is 0 Å². The zero-order valence-electron chi connectivity index (χ0n) is 12.0. The van der Waals surface area contributed by atoms with E-state index in [0.717, 1.165) is 22.3 Å². The van der Waals surface area contributed by atoms with Gasteiger partial charge in [0.05, 0.1) is 11.6 Å². The monoisotopic (exact) mass is 249 g/mol. The highest BCUT2D eigenvalue weighted by Crippen LogP contribution is 2.27. The van der Waals surface area contributed by atoms with E-state index in [4.69, 9.17) is 5.26 Å². The summed E-state index contributed by atoms with van der Waals surface area (Å²) in [7, 11) is 0. The molecule has 0 aliphatic heterocycles. The molecule has 1 heteroatoms. The Labute approximate surface area is 115 Å². The fourth-order valence-electron chi connectivity index (χ4n) is 2.18. The molecule has 0 saturated heterocycles. The van der Waals surface area contributed by atoms with Crippen molar-refractivity contribution >= 4 is 0 Å². The van der Waals surface area contributed by atoms with Gasteiger partial charge in [-0.2, -0.15) is 5.26 Å². The Balaban J connectivity index is 2.43. The highest BCUT2D eigenvalue weighted by atomic mass is 14.2. The topological polar surface area (TPSA) is 23.8 Å². The van der Waals surface area contributed by atoms with Crippen LogP contribution in [0.3, 0.4) is 0 Å². The van der Waals surface area contributed by atoms with Crippen LogP contribution in [0.2, 0.25) is 0 Å². The molecule has 0 bridgehead atoms. The molecule has 0 aromatic heterocycles. The third-order valence-corrected chi connectivity index (χ3v) is 3.29. The molecule has 0 unspecified atom stereocenters. The first-order valence-electron chi connectivity index (χ1n) is 6.53. The summed E-state index contributed by atoms with van der Waals surface area (Å²) in [6, 6.07) is 16.8. The molecule has 0 heterocycles. The largest absolute Gasteiger partial charge is 0.192 e. The first-order valence-corrected chi connectivity index (χ1v) is 6.53. The van der Waals surface area contributed by atoms with Crippen LogP contribution in [0.5, 0.6) is 0 Å². The van der Waals surface area contributed by atoms with E-state index in [1.165, 1.54) is 5.56 Å². The van der Waals surface area contributed by atoms with Gasteiger partial charge >= 0.3 is 0 Å². The van der Waals surface area contributed by atoms with Crippen molar-refractivity contribution in [3.05, 3.63) is 59.2 Å². The molecule has 1 nitrogen and oxygen atoms in total. The highest BCUT2D eigenvalue weighted by Gasteiger charge is 2.13. The predicted octanol–water partition coefficient (Wildman–Crippen LogP) is 4.83. The zero-order chi connectivity index (χ0) is 14.0. The molecule has 0 N–H and O–H groups in total. The van der Waals surface area contributed by atoms with Crippen molar-refractivity contribution in [2.24, 2.45) is 0 Å². The van der Waals surface area contributed by atoms with Crippen LogP contribution in [0.15, 0.2) is 42.5 Å². The first kappa shape index (κ1) is 13.4. The molecule has 2 aromatic rings. The van der Waals surface area contributed by atoms with E-state index in [0.29, 0.717) is 0 Å². The summed E-state index contributed by atoms with van der Waals surface area (Å²) in [5.41, 5.74) is 5.60. The third kappa shape index (κ3) is 3.03. The second kappa shape index (κ2) is 4.90. The Hall–Kier alpha value is -2.07. The average molecular weight is 249 g/mol. The number of nitrogens with zero attached hydrogens (tertiary/aromatic N) is 1. The summed E-state index contributed by atoms with van der Waals surface area (Å²) in [5.74, 6) is 0. The molecule has 19 heavy (non-hydrogen) atoms. The fraction of sp³-hybridized carbons (Fsp3) is 0.278. The van der Waals surface area contributed by atoms with Gasteiger partial charge in [-0.15, -0.1) is 0 Å². The standard InChI is InChI=1S/C18H19N/c1-13-9-14(12-19)11-16(10-13)15-5-7-17(8-6-15)18(2,3)4/h5-11H,1-4H3. The molecule has 0 radical (unpaired) electrons. The number of nitriles is 1. The van der Waals surface area contributed by atoms with E-state index in [1.807, 2.05) is 19.1 Å². The lowest BCUT2D eigenvalue weighted by Gasteiger charge is -2.19. The van der Waals surface area contributed by atoms with E-state index >= 15 is 0 Å². The lowest BCUT2D eigenvalue weighted by atomic mass is 9.86. The molecule has 0 aliphatic carbocycles. The molecule has 0 spiro atoms. The van der Waals surface area contributed by atoms with Crippen LogP contribution in [-0.4, -0.2) is 0 Å². The molecule has 2 rings (SSSR count). The Bertz CT molecular complexity index is 622. The SMILES string of the molecule is Cc1cc(C#N)cc(-c2ccc(C(C)(C)C)cc2)c1. The van der Waals surface area contributed by atoms with Crippen LogP contribution >= 0.6 is 0 Å². The van der Waals surface area contributed by atoms with Crippen molar-refractivity contribution in [3.63, 3.8) is 0 Å². The lowest BCUT2D eigenvalue weighted by Crippen LogP contribution is -2.10. The summed E-state index contributed by atoms with van der Waals surface area (Å²) < 4.78 is 0. The highest BCUT2D eigenvalue weighted by molar-refractivity contribution is 5.66. The maximum atomic E-state index is 9.03. The molecule has 0 saturated carbocycles. The minimum absolute atomic E-state index is 0.170. The van der Waals surface area contributed by atoms with E-state index in [2.05, 4.69) is 57.2 Å². The molecular weight excluding hydrogens is 230 g/mol. The maximum absolute atomic E-state index is 9.03. The van der Waals surface area contributed by atoms with Gasteiger partial charge in [0, 0.05) is 0 Å². The average Bonchev–Trinajstić information content (AvgIpc) is 2.37. The third-order valence-electron chi connectivity index (χ3n) is 3.29. The van der Waals surface area contributed by atoms with Gasteiger partial charge in [-0.1, -0.05) is 51.1 Å². The Kier molecular flexibility index (Phi) is 3.44. The van der Waals surface area contributed by atoms with Gasteiger partial charge < -0.3 is 0 Å². The Morgan fingerprint density at radius 3 is 2.05 bits per heavy atom. The number of rotatable bonds is 1. The van der Waals surface area contributed by atoms with Gasteiger partial charge in [-0.25, -0.2) is 0 Å². The summed E-state index contributed by atoms with van der Waals surface area (Å²) in [6.07, 6.45) is 0. The van der Waals surface area contributed by atoms with Crippen molar-refractivity contribution in [1.82, 2.24) is 0 Å². The first-order chi connectivity index (χ1) is 8.90. The van der Waals surface area contributed by atoms with Gasteiger partial charge in [0.25, 0.3) is 0 Å². The van der Waals surface area contributed by atoms with Crippen molar-refractivity contribution in [1.29, 1.82) is 5.26 Å². The second-order valence-electron chi connectivity index (χ2n) is 6.03. The van der Waals surface area contributed by atoms with E-state index < -0.39 is 0 Å². The molecule has 0 atom stereocenters. The molecule has 0 amide bonds. The minimum atomic E-state index is 0.170. The van der Waals surface area contributed by atoms with Crippen LogP contribution in [0.25, 0.3) is 11.1 Å². The molecular formula is C18H19N. The smallest absolute Gasteiger partial charge is 0.0991 e. The summed E-state index contributed by atoms with van der Waals surface area (Å²) in [4.78, 5) is 0. The lowest BCUT2D eigenvalue weighted by molar-refractivity contribution is 0.590. The van der Waals surface area contributed by atoms with Crippen LogP contribution in [0.4, 0.5) is 0 Å². The van der Waals surface area contributed by atoms with Crippen molar-refractivity contribution < 1.29 is 0 Å². The van der Waals surface area contributed by atoms with Crippen molar-refractivity contribution in [2.45, 2.75) is 33.1 Å². The Morgan fingerprint density at radius 2 is 1.53 bits per heavy atom. The number of hydrogen-bond donors (Lipinski definition) is 0. The van der Waals surface area contributed by atoms with Gasteiger partial charge in [0.2, 0.25) is 0 Å². The normalized spacial score (nSPS) is 11.1. The molecule has 96 valence electrons.